The van der Waals surface area contributed by atoms with E-state index in [2.05, 4.69) is 34.0 Å². The van der Waals surface area contributed by atoms with Gasteiger partial charge in [-0.25, -0.2) is 0 Å². The number of methoxy groups -OCH3 is 1. The first-order chi connectivity index (χ1) is 17.9. The average molecular weight is 555 g/mol. The second-order valence-electron chi connectivity index (χ2n) is 8.14. The zero-order chi connectivity index (χ0) is 30.8. The highest BCUT2D eigenvalue weighted by Crippen LogP contribution is 2.40. The molecule has 1 heterocycles. The molecule has 218 valence electrons. The van der Waals surface area contributed by atoms with Gasteiger partial charge < -0.3 is 56.3 Å². The molecular weight excluding hydrogens is 517 g/mol. The molecule has 2 aromatic carbocycles. The molecule has 39 heavy (non-hydrogen) atoms. The van der Waals surface area contributed by atoms with Crippen LogP contribution in [0.2, 0.25) is 0 Å². The van der Waals surface area contributed by atoms with Crippen LogP contribution in [-0.2, 0) is 9.78 Å². The van der Waals surface area contributed by atoms with E-state index in [-0.39, 0.29) is 22.7 Å². The van der Waals surface area contributed by atoms with Crippen LogP contribution in [0.4, 0.5) is 5.69 Å². The summed E-state index contributed by atoms with van der Waals surface area (Å²) >= 11 is 0. The minimum Gasteiger partial charge on any atom is -0.505 e. The van der Waals surface area contributed by atoms with Gasteiger partial charge in [-0.05, 0) is 43.9 Å². The Hall–Kier alpha value is -3.12. The van der Waals surface area contributed by atoms with Gasteiger partial charge in [-0.3, -0.25) is 5.73 Å². The van der Waals surface area contributed by atoms with Crippen LogP contribution in [0.3, 0.4) is 0 Å². The first-order valence-corrected chi connectivity index (χ1v) is 11.2. The molecule has 0 spiro atoms. The first kappa shape index (κ1) is 35.9. The maximum Gasteiger partial charge on any atom is 0.413 e. The summed E-state index contributed by atoms with van der Waals surface area (Å²) in [6, 6.07) is 6.56. The van der Waals surface area contributed by atoms with Gasteiger partial charge in [-0.1, -0.05) is 12.1 Å². The van der Waals surface area contributed by atoms with Gasteiger partial charge in [0.25, 0.3) is 0 Å². The number of aliphatic hydroxyl groups is 5. The van der Waals surface area contributed by atoms with Gasteiger partial charge in [0.2, 0.25) is 5.91 Å². The van der Waals surface area contributed by atoms with Gasteiger partial charge in [0.05, 0.1) is 13.7 Å². The highest BCUT2D eigenvalue weighted by Gasteiger charge is 2.66. The van der Waals surface area contributed by atoms with Gasteiger partial charge in [-0.2, -0.15) is 9.78 Å². The normalized spacial score (nSPS) is 20.3. The summed E-state index contributed by atoms with van der Waals surface area (Å²) in [6.07, 6.45) is -0.759. The highest BCUT2D eigenvalue weighted by molar-refractivity contribution is 6.36. The lowest BCUT2D eigenvalue weighted by molar-refractivity contribution is -0.690. The number of ether oxygens (including phenoxy) is 2. The van der Waals surface area contributed by atoms with Gasteiger partial charge >= 0.3 is 11.8 Å². The van der Waals surface area contributed by atoms with Gasteiger partial charge in [0.1, 0.15) is 14.1 Å². The molecule has 0 bridgehead atoms. The quantitative estimate of drug-likeness (QED) is 0.0513. The minimum absolute atomic E-state index is 0.112. The number of nitrogens with one attached hydrogen (secondary N) is 1. The summed E-state index contributed by atoms with van der Waals surface area (Å²) in [4.78, 5) is 8.72. The van der Waals surface area contributed by atoms with Crippen molar-refractivity contribution < 1.29 is 55.0 Å². The molecule has 1 fully saturated rings. The molecule has 2 radical (unpaired) electrons. The fourth-order valence-electron chi connectivity index (χ4n) is 2.76. The van der Waals surface area contributed by atoms with Crippen LogP contribution < -0.4 is 31.7 Å². The Morgan fingerprint density at radius 2 is 1.56 bits per heavy atom. The first-order valence-electron chi connectivity index (χ1n) is 11.2. The second kappa shape index (κ2) is 14.9. The van der Waals surface area contributed by atoms with Crippen LogP contribution in [0.15, 0.2) is 37.4 Å². The van der Waals surface area contributed by atoms with Gasteiger partial charge in [0.15, 0.2) is 23.0 Å². The number of benzene rings is 2. The Bertz CT molecular complexity index is 1030. The Balaban J connectivity index is 0.000000603. The lowest BCUT2D eigenvalue weighted by Gasteiger charge is -2.46. The maximum absolute atomic E-state index is 9.85. The Morgan fingerprint density at radius 1 is 1.08 bits per heavy atom. The third-order valence-electron chi connectivity index (χ3n) is 4.72. The summed E-state index contributed by atoms with van der Waals surface area (Å²) in [7, 11) is 7.04. The van der Waals surface area contributed by atoms with E-state index in [0.29, 0.717) is 22.6 Å². The van der Waals surface area contributed by atoms with E-state index in [4.69, 9.17) is 33.3 Å². The standard InChI is InChI=1S/C10H14BNO3.C10H13NO6.C2H7NO2.C2H4/c1-4-7(11)10(15)9(14)5(2)8(4)12-6(3)13;1-14-7-4-2-3-5-8(7)15-10(13)9(12,6-11)16-17-10;1-2(3,4)5;1-2/h6,12-15H,1-3H3;2-5,12-13H,6,11H2,1H3;4-5H,3H2,1H3;1-2H2. The highest BCUT2D eigenvalue weighted by atomic mass is 17.3. The van der Waals surface area contributed by atoms with Crippen molar-refractivity contribution in [3.05, 3.63) is 48.6 Å². The van der Waals surface area contributed by atoms with Crippen LogP contribution in [0.25, 0.3) is 0 Å². The van der Waals surface area contributed by atoms with Crippen molar-refractivity contribution in [2.24, 2.45) is 11.5 Å². The number of phenols is 2. The third-order valence-corrected chi connectivity index (χ3v) is 4.72. The largest absolute Gasteiger partial charge is 0.505 e. The van der Waals surface area contributed by atoms with Crippen molar-refractivity contribution in [2.45, 2.75) is 51.6 Å². The fraction of sp³-hybridized carbons (Fsp3) is 0.417. The molecule has 12 N–H and O–H groups in total. The number of phenolic OH excluding ortho intramolecular Hbond substituents is 2. The molecule has 14 nitrogen and oxygen atoms in total. The van der Waals surface area contributed by atoms with Crippen molar-refractivity contribution in [3.8, 4) is 23.0 Å². The van der Waals surface area contributed by atoms with Gasteiger partial charge in [0, 0.05) is 18.2 Å². The van der Waals surface area contributed by atoms with Crippen LogP contribution in [0.5, 0.6) is 23.0 Å². The lowest BCUT2D eigenvalue weighted by atomic mass is 9.87. The number of nitrogens with two attached hydrogens (primary N) is 2. The molecule has 3 rings (SSSR count). The molecule has 3 unspecified atom stereocenters. The van der Waals surface area contributed by atoms with Crippen LogP contribution in [-0.4, -0.2) is 81.1 Å². The van der Waals surface area contributed by atoms with Crippen LogP contribution in [0.1, 0.15) is 25.0 Å². The number of hydrogen-bond donors (Lipinski definition) is 10. The number of hydrogen-bond acceptors (Lipinski definition) is 14. The molecule has 15 heteroatoms. The Labute approximate surface area is 228 Å². The molecule has 0 amide bonds. The van der Waals surface area contributed by atoms with Crippen LogP contribution >= 0.6 is 0 Å². The van der Waals surface area contributed by atoms with Crippen LogP contribution in [0, 0.1) is 13.8 Å². The number of para-hydroxylation sites is 2. The number of rotatable bonds is 6. The zero-order valence-corrected chi connectivity index (χ0v) is 22.5. The van der Waals surface area contributed by atoms with E-state index in [1.807, 2.05) is 0 Å². The monoisotopic (exact) mass is 555 g/mol. The number of anilines is 1. The molecule has 0 saturated carbocycles. The Kier molecular flexibility index (Phi) is 13.7. The van der Waals surface area contributed by atoms with E-state index >= 15 is 0 Å². The van der Waals surface area contributed by atoms with E-state index in [9.17, 15) is 25.5 Å². The van der Waals surface area contributed by atoms with Crippen molar-refractivity contribution >= 4 is 19.0 Å². The SMILES string of the molecule is C=C.CC(N)(O)O.COc1ccccc1OC1(O)OOC1(O)CN.[B]c1c(C)c(NC(C)O)c(C)c(O)c1O. The van der Waals surface area contributed by atoms with Crippen molar-refractivity contribution in [1.29, 1.82) is 0 Å². The summed E-state index contributed by atoms with van der Waals surface area (Å²) < 4.78 is 10.1. The molecule has 0 aromatic heterocycles. The maximum atomic E-state index is 9.85. The molecule has 2 aromatic rings. The smallest absolute Gasteiger partial charge is 0.413 e. The third kappa shape index (κ3) is 9.85. The summed E-state index contributed by atoms with van der Waals surface area (Å²) in [5.41, 5.74) is 11.4. The molecular formula is C24H38BN3O11. The summed E-state index contributed by atoms with van der Waals surface area (Å²) in [5.74, 6) is -6.48. The molecule has 1 saturated heterocycles. The molecule has 1 aliphatic rings. The topological polar surface area (TPSA) is 243 Å². The number of aliphatic hydroxyl groups excluding tert-OH is 1. The molecule has 1 aliphatic heterocycles. The lowest BCUT2D eigenvalue weighted by Crippen LogP contribution is -2.73. The Morgan fingerprint density at radius 3 is 1.95 bits per heavy atom. The zero-order valence-electron chi connectivity index (χ0n) is 22.5. The second-order valence-corrected chi connectivity index (χ2v) is 8.14. The summed E-state index contributed by atoms with van der Waals surface area (Å²) in [6.45, 7) is 11.6. The summed E-state index contributed by atoms with van der Waals surface area (Å²) in [5, 5.41) is 66.2. The van der Waals surface area contributed by atoms with E-state index in [1.54, 1.807) is 39.0 Å². The average Bonchev–Trinajstić information content (AvgIpc) is 2.88. The van der Waals surface area contributed by atoms with Gasteiger partial charge in [-0.15, -0.1) is 13.2 Å². The fourth-order valence-corrected chi connectivity index (χ4v) is 2.76. The predicted molar refractivity (Wildman–Crippen MR) is 143 cm³/mol. The molecule has 0 aliphatic carbocycles. The van der Waals surface area contributed by atoms with E-state index < -0.39 is 30.4 Å². The van der Waals surface area contributed by atoms with Crippen molar-refractivity contribution in [3.63, 3.8) is 0 Å². The van der Waals surface area contributed by atoms with Crippen molar-refractivity contribution in [1.82, 2.24) is 0 Å². The minimum atomic E-state index is -2.35. The number of aromatic hydroxyl groups is 2. The van der Waals surface area contributed by atoms with E-state index in [1.165, 1.54) is 13.2 Å². The van der Waals surface area contributed by atoms with E-state index in [0.717, 1.165) is 6.92 Å². The predicted octanol–water partition coefficient (Wildman–Crippen LogP) is -1.01. The molecule has 3 atom stereocenters. The van der Waals surface area contributed by atoms with Crippen molar-refractivity contribution in [2.75, 3.05) is 19.0 Å².